The number of aromatic hydroxyl groups is 1. The van der Waals surface area contributed by atoms with Gasteiger partial charge in [0.15, 0.2) is 5.90 Å². The minimum atomic E-state index is 0.105. The predicted octanol–water partition coefficient (Wildman–Crippen LogP) is 3.10. The molecule has 1 aliphatic heterocycles. The molecule has 2 aromatic rings. The van der Waals surface area contributed by atoms with Gasteiger partial charge in [0.1, 0.15) is 18.4 Å². The van der Waals surface area contributed by atoms with Crippen molar-refractivity contribution in [2.75, 3.05) is 6.61 Å². The number of hydrogen-bond donors (Lipinski definition) is 1. The molecule has 96 valence electrons. The highest BCUT2D eigenvalue weighted by Gasteiger charge is 2.20. The van der Waals surface area contributed by atoms with Crippen LogP contribution in [0.1, 0.15) is 17.2 Å². The molecule has 3 rings (SSSR count). The molecular formula is C16H15NO2. The molecule has 1 aliphatic rings. The largest absolute Gasteiger partial charge is 0.508 e. The second-order valence-corrected chi connectivity index (χ2v) is 4.60. The zero-order chi connectivity index (χ0) is 13.1. The molecule has 0 spiro atoms. The van der Waals surface area contributed by atoms with Crippen LogP contribution in [0.5, 0.6) is 5.75 Å². The fourth-order valence-corrected chi connectivity index (χ4v) is 2.15. The standard InChI is InChI=1S/C16H15NO2/c18-14-8-6-12(7-9-14)10-16-17-15(11-19-16)13-4-2-1-3-5-13/h1-9,15,18H,10-11H2/t15-/m1/s1. The van der Waals surface area contributed by atoms with Crippen LogP contribution < -0.4 is 0 Å². The normalized spacial score (nSPS) is 17.9. The van der Waals surface area contributed by atoms with Gasteiger partial charge in [0.2, 0.25) is 0 Å². The number of rotatable bonds is 3. The Labute approximate surface area is 112 Å². The van der Waals surface area contributed by atoms with Crippen molar-refractivity contribution < 1.29 is 9.84 Å². The van der Waals surface area contributed by atoms with E-state index in [9.17, 15) is 5.11 Å². The van der Waals surface area contributed by atoms with Crippen molar-refractivity contribution in [1.82, 2.24) is 0 Å². The molecule has 0 radical (unpaired) electrons. The quantitative estimate of drug-likeness (QED) is 0.913. The first-order valence-electron chi connectivity index (χ1n) is 6.33. The zero-order valence-electron chi connectivity index (χ0n) is 10.5. The van der Waals surface area contributed by atoms with Crippen molar-refractivity contribution in [3.05, 3.63) is 65.7 Å². The molecule has 0 amide bonds. The molecule has 0 fully saturated rings. The monoisotopic (exact) mass is 253 g/mol. The van der Waals surface area contributed by atoms with Gasteiger partial charge >= 0.3 is 0 Å². The maximum atomic E-state index is 9.25. The van der Waals surface area contributed by atoms with Crippen LogP contribution in [0.15, 0.2) is 59.6 Å². The summed E-state index contributed by atoms with van der Waals surface area (Å²) < 4.78 is 5.64. The van der Waals surface area contributed by atoms with Crippen molar-refractivity contribution in [2.45, 2.75) is 12.5 Å². The topological polar surface area (TPSA) is 41.8 Å². The van der Waals surface area contributed by atoms with Crippen molar-refractivity contribution >= 4 is 5.90 Å². The Kier molecular flexibility index (Phi) is 3.19. The zero-order valence-corrected chi connectivity index (χ0v) is 10.5. The van der Waals surface area contributed by atoms with Gasteiger partial charge < -0.3 is 9.84 Å². The second kappa shape index (κ2) is 5.14. The van der Waals surface area contributed by atoms with E-state index in [1.807, 2.05) is 30.3 Å². The first-order valence-corrected chi connectivity index (χ1v) is 6.33. The number of hydrogen-bond acceptors (Lipinski definition) is 3. The van der Waals surface area contributed by atoms with E-state index in [0.717, 1.165) is 11.5 Å². The Hall–Kier alpha value is -2.29. The van der Waals surface area contributed by atoms with E-state index in [0.29, 0.717) is 13.0 Å². The molecule has 19 heavy (non-hydrogen) atoms. The smallest absolute Gasteiger partial charge is 0.188 e. The summed E-state index contributed by atoms with van der Waals surface area (Å²) in [6, 6.07) is 17.4. The molecule has 1 N–H and O–H groups in total. The van der Waals surface area contributed by atoms with Gasteiger partial charge in [0, 0.05) is 6.42 Å². The molecule has 0 aromatic heterocycles. The van der Waals surface area contributed by atoms with Gasteiger partial charge in [-0.2, -0.15) is 0 Å². The summed E-state index contributed by atoms with van der Waals surface area (Å²) in [5.74, 6) is 1.04. The highest BCUT2D eigenvalue weighted by atomic mass is 16.5. The van der Waals surface area contributed by atoms with Crippen molar-refractivity contribution in [1.29, 1.82) is 0 Å². The number of phenols is 1. The van der Waals surface area contributed by atoms with Crippen LogP contribution in [0, 0.1) is 0 Å². The lowest BCUT2D eigenvalue weighted by atomic mass is 10.1. The predicted molar refractivity (Wildman–Crippen MR) is 74.4 cm³/mol. The first-order chi connectivity index (χ1) is 9.31. The third-order valence-electron chi connectivity index (χ3n) is 3.18. The van der Waals surface area contributed by atoms with Crippen molar-refractivity contribution in [3.8, 4) is 5.75 Å². The molecule has 0 saturated carbocycles. The average molecular weight is 253 g/mol. The Morgan fingerprint density at radius 3 is 2.53 bits per heavy atom. The van der Waals surface area contributed by atoms with Gasteiger partial charge in [-0.05, 0) is 23.3 Å². The summed E-state index contributed by atoms with van der Waals surface area (Å²) in [5, 5.41) is 9.25. The first kappa shape index (κ1) is 11.8. The van der Waals surface area contributed by atoms with Gasteiger partial charge in [-0.1, -0.05) is 42.5 Å². The minimum absolute atomic E-state index is 0.105. The number of aliphatic imine (C=N–C) groups is 1. The maximum Gasteiger partial charge on any atom is 0.188 e. The van der Waals surface area contributed by atoms with E-state index in [1.165, 1.54) is 5.56 Å². The van der Waals surface area contributed by atoms with Crippen LogP contribution in [0.4, 0.5) is 0 Å². The Bertz CT molecular complexity index is 575. The Morgan fingerprint density at radius 1 is 1.05 bits per heavy atom. The molecule has 0 saturated heterocycles. The number of nitrogens with zero attached hydrogens (tertiary/aromatic N) is 1. The molecule has 2 aromatic carbocycles. The number of ether oxygens (including phenoxy) is 1. The van der Waals surface area contributed by atoms with E-state index in [1.54, 1.807) is 12.1 Å². The van der Waals surface area contributed by atoms with Crippen LogP contribution in [0.2, 0.25) is 0 Å². The van der Waals surface area contributed by atoms with E-state index >= 15 is 0 Å². The van der Waals surface area contributed by atoms with Gasteiger partial charge in [0.05, 0.1) is 0 Å². The SMILES string of the molecule is Oc1ccc(CC2=N[C@@H](c3ccccc3)CO2)cc1. The molecule has 3 heteroatoms. The highest BCUT2D eigenvalue weighted by molar-refractivity contribution is 5.80. The molecule has 3 nitrogen and oxygen atoms in total. The van der Waals surface area contributed by atoms with Gasteiger partial charge in [-0.3, -0.25) is 0 Å². The summed E-state index contributed by atoms with van der Waals surface area (Å²) in [4.78, 5) is 4.61. The van der Waals surface area contributed by atoms with Crippen molar-refractivity contribution in [2.24, 2.45) is 4.99 Å². The third-order valence-corrected chi connectivity index (χ3v) is 3.18. The summed E-state index contributed by atoms with van der Waals surface area (Å²) in [5.41, 5.74) is 2.27. The Morgan fingerprint density at radius 2 is 1.79 bits per heavy atom. The average Bonchev–Trinajstić information content (AvgIpc) is 2.91. The van der Waals surface area contributed by atoms with E-state index in [-0.39, 0.29) is 11.8 Å². The van der Waals surface area contributed by atoms with Gasteiger partial charge in [0.25, 0.3) is 0 Å². The molecule has 0 bridgehead atoms. The van der Waals surface area contributed by atoms with Crippen LogP contribution in [-0.4, -0.2) is 17.6 Å². The lowest BCUT2D eigenvalue weighted by Crippen LogP contribution is -2.03. The fourth-order valence-electron chi connectivity index (χ4n) is 2.15. The van der Waals surface area contributed by atoms with E-state index < -0.39 is 0 Å². The summed E-state index contributed by atoms with van der Waals surface area (Å²) in [6.45, 7) is 0.609. The molecule has 1 heterocycles. The van der Waals surface area contributed by atoms with Crippen LogP contribution in [0.25, 0.3) is 0 Å². The van der Waals surface area contributed by atoms with Crippen LogP contribution in [0.3, 0.4) is 0 Å². The lowest BCUT2D eigenvalue weighted by Gasteiger charge is -2.03. The van der Waals surface area contributed by atoms with E-state index in [4.69, 9.17) is 4.74 Å². The lowest BCUT2D eigenvalue weighted by molar-refractivity contribution is 0.313. The highest BCUT2D eigenvalue weighted by Crippen LogP contribution is 2.23. The molecule has 1 atom stereocenters. The number of phenolic OH excluding ortho intramolecular Hbond substituents is 1. The van der Waals surface area contributed by atoms with Crippen LogP contribution >= 0.6 is 0 Å². The minimum Gasteiger partial charge on any atom is -0.508 e. The maximum absolute atomic E-state index is 9.25. The van der Waals surface area contributed by atoms with Gasteiger partial charge in [-0.25, -0.2) is 4.99 Å². The summed E-state index contributed by atoms with van der Waals surface area (Å²) in [7, 11) is 0. The summed E-state index contributed by atoms with van der Waals surface area (Å²) in [6.07, 6.45) is 0.670. The summed E-state index contributed by atoms with van der Waals surface area (Å²) >= 11 is 0. The Balaban J connectivity index is 1.72. The number of benzene rings is 2. The van der Waals surface area contributed by atoms with E-state index in [2.05, 4.69) is 17.1 Å². The van der Waals surface area contributed by atoms with Crippen LogP contribution in [-0.2, 0) is 11.2 Å². The van der Waals surface area contributed by atoms with Gasteiger partial charge in [-0.15, -0.1) is 0 Å². The molecule has 0 aliphatic carbocycles. The third kappa shape index (κ3) is 2.76. The van der Waals surface area contributed by atoms with Crippen molar-refractivity contribution in [3.63, 3.8) is 0 Å². The second-order valence-electron chi connectivity index (χ2n) is 4.60. The molecule has 0 unspecified atom stereocenters. The molecular weight excluding hydrogens is 238 g/mol. The fraction of sp³-hybridized carbons (Fsp3) is 0.188.